The van der Waals surface area contributed by atoms with Crippen molar-refractivity contribution >= 4 is 27.4 Å². The van der Waals surface area contributed by atoms with Gasteiger partial charge in [-0.25, -0.2) is 4.39 Å². The monoisotopic (exact) mass is 369 g/mol. The lowest BCUT2D eigenvalue weighted by molar-refractivity contribution is 0.148. The number of rotatable bonds is 6. The van der Waals surface area contributed by atoms with Crippen molar-refractivity contribution < 1.29 is 4.39 Å². The highest BCUT2D eigenvalue weighted by Gasteiger charge is 2.25. The Morgan fingerprint density at radius 1 is 0.962 bits per heavy atom. The van der Waals surface area contributed by atoms with Gasteiger partial charge in [0.05, 0.1) is 4.70 Å². The lowest BCUT2D eigenvalue weighted by Crippen LogP contribution is -2.51. The molecule has 1 aromatic heterocycles. The van der Waals surface area contributed by atoms with E-state index in [0.29, 0.717) is 0 Å². The first-order valence-electron chi connectivity index (χ1n) is 9.28. The van der Waals surface area contributed by atoms with Crippen LogP contribution in [0.15, 0.2) is 54.6 Å². The van der Waals surface area contributed by atoms with Gasteiger partial charge in [-0.2, -0.15) is 4.37 Å². The average molecular weight is 370 g/mol. The molecule has 1 fully saturated rings. The minimum Gasteiger partial charge on any atom is -0.353 e. The third kappa shape index (κ3) is 3.74. The van der Waals surface area contributed by atoms with Gasteiger partial charge in [0.25, 0.3) is 0 Å². The summed E-state index contributed by atoms with van der Waals surface area (Å²) < 4.78 is 19.5. The molecule has 2 aromatic carbocycles. The highest BCUT2D eigenvalue weighted by atomic mass is 32.1. The van der Waals surface area contributed by atoms with E-state index in [2.05, 4.69) is 62.7 Å². The number of fused-ring (bicyclic) bond motifs is 1. The van der Waals surface area contributed by atoms with Crippen LogP contribution in [0.1, 0.15) is 12.0 Å². The summed E-state index contributed by atoms with van der Waals surface area (Å²) in [5.41, 5.74) is 1.29. The van der Waals surface area contributed by atoms with Gasteiger partial charge < -0.3 is 4.90 Å². The molecule has 1 aliphatic heterocycles. The molecule has 1 aliphatic rings. The zero-order valence-electron chi connectivity index (χ0n) is 14.9. The second-order valence-corrected chi connectivity index (χ2v) is 7.66. The second-order valence-electron chi connectivity index (χ2n) is 6.86. The zero-order chi connectivity index (χ0) is 17.8. The largest absolute Gasteiger partial charge is 0.353 e. The number of aryl methyl sites for hydroxylation is 1. The summed E-state index contributed by atoms with van der Waals surface area (Å²) in [5, 5.41) is 1.23. The van der Waals surface area contributed by atoms with Crippen LogP contribution in [0.5, 0.6) is 0 Å². The maximum Gasteiger partial charge on any atom is 0.150 e. The van der Waals surface area contributed by atoms with E-state index in [0.717, 1.165) is 44.8 Å². The Balaban J connectivity index is 1.36. The quantitative estimate of drug-likeness (QED) is 0.642. The fourth-order valence-electron chi connectivity index (χ4n) is 3.73. The van der Waals surface area contributed by atoms with Crippen molar-refractivity contribution in [3.63, 3.8) is 0 Å². The summed E-state index contributed by atoms with van der Waals surface area (Å²) in [6, 6.07) is 18.8. The van der Waals surface area contributed by atoms with Crippen molar-refractivity contribution in [2.45, 2.75) is 18.9 Å². The molecule has 1 unspecified atom stereocenters. The standard InChI is InChI=1S/C21H24FN3S/c22-16-18(11-10-17-6-2-1-3-7-17)24-12-14-25(15-13-24)21-19-8-4-5-9-20(19)26-23-21/h1-9,18H,10-16H2. The number of alkyl halides is 1. The molecular weight excluding hydrogens is 345 g/mol. The molecule has 3 nitrogen and oxygen atoms in total. The van der Waals surface area contributed by atoms with Crippen molar-refractivity contribution in [1.29, 1.82) is 0 Å². The minimum atomic E-state index is -0.271. The van der Waals surface area contributed by atoms with Crippen LogP contribution in [-0.2, 0) is 6.42 Å². The molecule has 26 heavy (non-hydrogen) atoms. The lowest BCUT2D eigenvalue weighted by Gasteiger charge is -2.38. The number of benzene rings is 2. The first-order chi connectivity index (χ1) is 12.8. The van der Waals surface area contributed by atoms with Crippen molar-refractivity contribution in [1.82, 2.24) is 9.27 Å². The van der Waals surface area contributed by atoms with Crippen LogP contribution in [0.4, 0.5) is 10.2 Å². The maximum absolute atomic E-state index is 13.7. The van der Waals surface area contributed by atoms with Crippen LogP contribution in [0.2, 0.25) is 0 Å². The van der Waals surface area contributed by atoms with Gasteiger partial charge >= 0.3 is 0 Å². The molecule has 0 aliphatic carbocycles. The smallest absolute Gasteiger partial charge is 0.150 e. The molecule has 5 heteroatoms. The summed E-state index contributed by atoms with van der Waals surface area (Å²) >= 11 is 1.56. The molecule has 3 aromatic rings. The highest BCUT2D eigenvalue weighted by Crippen LogP contribution is 2.30. The molecule has 136 valence electrons. The van der Waals surface area contributed by atoms with Crippen molar-refractivity contribution in [3.05, 3.63) is 60.2 Å². The molecular formula is C21H24FN3S. The van der Waals surface area contributed by atoms with E-state index in [1.165, 1.54) is 15.6 Å². The number of aromatic nitrogens is 1. The molecule has 1 saturated heterocycles. The van der Waals surface area contributed by atoms with Crippen molar-refractivity contribution in [2.75, 3.05) is 37.8 Å². The predicted molar refractivity (Wildman–Crippen MR) is 108 cm³/mol. The molecule has 1 atom stereocenters. The van der Waals surface area contributed by atoms with E-state index in [1.54, 1.807) is 11.5 Å². The van der Waals surface area contributed by atoms with Gasteiger partial charge in [0, 0.05) is 37.6 Å². The van der Waals surface area contributed by atoms with Crippen LogP contribution < -0.4 is 4.90 Å². The van der Waals surface area contributed by atoms with E-state index in [9.17, 15) is 4.39 Å². The van der Waals surface area contributed by atoms with Crippen LogP contribution in [0, 0.1) is 0 Å². The molecule has 0 N–H and O–H groups in total. The van der Waals surface area contributed by atoms with Gasteiger partial charge in [-0.3, -0.25) is 4.90 Å². The number of hydrogen-bond acceptors (Lipinski definition) is 4. The Hall–Kier alpha value is -1.98. The van der Waals surface area contributed by atoms with Crippen LogP contribution >= 0.6 is 11.5 Å². The Morgan fingerprint density at radius 3 is 2.46 bits per heavy atom. The minimum absolute atomic E-state index is 0.0181. The van der Waals surface area contributed by atoms with Crippen LogP contribution in [-0.4, -0.2) is 48.2 Å². The third-order valence-corrected chi connectivity index (χ3v) is 6.09. The van der Waals surface area contributed by atoms with Crippen molar-refractivity contribution in [2.24, 2.45) is 0 Å². The van der Waals surface area contributed by atoms with Gasteiger partial charge in [-0.05, 0) is 42.1 Å². The zero-order valence-corrected chi connectivity index (χ0v) is 15.7. The van der Waals surface area contributed by atoms with Crippen LogP contribution in [0.3, 0.4) is 0 Å². The van der Waals surface area contributed by atoms with Gasteiger partial charge in [0.15, 0.2) is 0 Å². The molecule has 2 heterocycles. The number of halogens is 1. The summed E-state index contributed by atoms with van der Waals surface area (Å²) in [7, 11) is 0. The Morgan fingerprint density at radius 2 is 1.69 bits per heavy atom. The van der Waals surface area contributed by atoms with Crippen molar-refractivity contribution in [3.8, 4) is 0 Å². The summed E-state index contributed by atoms with van der Waals surface area (Å²) in [6.45, 7) is 3.35. The maximum atomic E-state index is 13.7. The highest BCUT2D eigenvalue weighted by molar-refractivity contribution is 7.13. The summed E-state index contributed by atoms with van der Waals surface area (Å²) in [4.78, 5) is 4.66. The molecule has 0 bridgehead atoms. The molecule has 0 amide bonds. The number of anilines is 1. The lowest BCUT2D eigenvalue weighted by atomic mass is 10.0. The molecule has 0 radical (unpaired) electrons. The second kappa shape index (κ2) is 8.14. The van der Waals surface area contributed by atoms with Gasteiger partial charge in [0.2, 0.25) is 0 Å². The topological polar surface area (TPSA) is 19.4 Å². The fraction of sp³-hybridized carbons (Fsp3) is 0.381. The normalized spacial score (nSPS) is 16.9. The van der Waals surface area contributed by atoms with E-state index >= 15 is 0 Å². The first-order valence-corrected chi connectivity index (χ1v) is 10.1. The van der Waals surface area contributed by atoms with E-state index < -0.39 is 0 Å². The van der Waals surface area contributed by atoms with E-state index in [-0.39, 0.29) is 12.7 Å². The summed E-state index contributed by atoms with van der Waals surface area (Å²) in [5.74, 6) is 1.09. The third-order valence-electron chi connectivity index (χ3n) is 5.28. The Bertz CT molecular complexity index is 827. The average Bonchev–Trinajstić information content (AvgIpc) is 3.14. The fourth-order valence-corrected chi connectivity index (χ4v) is 4.53. The van der Waals surface area contributed by atoms with Gasteiger partial charge in [-0.1, -0.05) is 42.5 Å². The SMILES string of the molecule is FCC(CCc1ccccc1)N1CCN(c2nsc3ccccc23)CC1. The first kappa shape index (κ1) is 17.4. The molecule has 4 rings (SSSR count). The van der Waals surface area contributed by atoms with Gasteiger partial charge in [-0.15, -0.1) is 0 Å². The van der Waals surface area contributed by atoms with Crippen LogP contribution in [0.25, 0.3) is 10.1 Å². The van der Waals surface area contributed by atoms with E-state index in [1.807, 2.05) is 6.07 Å². The molecule has 0 spiro atoms. The predicted octanol–water partition coefficient (Wildman–Crippen LogP) is 4.39. The number of nitrogens with zero attached hydrogens (tertiary/aromatic N) is 3. The van der Waals surface area contributed by atoms with Gasteiger partial charge in [0.1, 0.15) is 12.5 Å². The number of hydrogen-bond donors (Lipinski definition) is 0. The molecule has 0 saturated carbocycles. The Kier molecular flexibility index (Phi) is 5.46. The Labute approximate surface area is 158 Å². The summed E-state index contributed by atoms with van der Waals surface area (Å²) in [6.07, 6.45) is 1.81. The van der Waals surface area contributed by atoms with E-state index in [4.69, 9.17) is 0 Å². The number of piperazine rings is 1.